The van der Waals surface area contributed by atoms with Gasteiger partial charge >= 0.3 is 0 Å². The molecule has 2 aromatic carbocycles. The molecule has 4 rings (SSSR count). The molecule has 0 aliphatic carbocycles. The highest BCUT2D eigenvalue weighted by molar-refractivity contribution is 5.79. The smallest absolute Gasteiger partial charge is 0.258 e. The van der Waals surface area contributed by atoms with Gasteiger partial charge in [-0.3, -0.25) is 4.79 Å². The van der Waals surface area contributed by atoms with E-state index in [1.165, 1.54) is 0 Å². The number of nitrogens with zero attached hydrogens (tertiary/aromatic N) is 3. The Morgan fingerprint density at radius 3 is 2.50 bits per heavy atom. The Labute approximate surface area is 162 Å². The van der Waals surface area contributed by atoms with Crippen molar-refractivity contribution in [2.24, 2.45) is 0 Å². The molecule has 0 bridgehead atoms. The van der Waals surface area contributed by atoms with E-state index < -0.39 is 0 Å². The molecule has 0 spiro atoms. The van der Waals surface area contributed by atoms with E-state index in [2.05, 4.69) is 10.1 Å². The summed E-state index contributed by atoms with van der Waals surface area (Å²) in [5.41, 5.74) is 1.81. The van der Waals surface area contributed by atoms with Crippen molar-refractivity contribution in [3.05, 3.63) is 59.9 Å². The van der Waals surface area contributed by atoms with Gasteiger partial charge in [-0.2, -0.15) is 4.98 Å². The van der Waals surface area contributed by atoms with Gasteiger partial charge in [-0.1, -0.05) is 35.5 Å². The fraction of sp³-hybridized carbons (Fsp3) is 0.286. The molecule has 1 atom stereocenters. The zero-order valence-electron chi connectivity index (χ0n) is 15.8. The van der Waals surface area contributed by atoms with Crippen molar-refractivity contribution in [2.45, 2.75) is 18.9 Å². The monoisotopic (exact) mass is 379 g/mol. The summed E-state index contributed by atoms with van der Waals surface area (Å²) in [6.45, 7) is 1.17. The Balaban J connectivity index is 1.51. The van der Waals surface area contributed by atoms with E-state index in [4.69, 9.17) is 14.0 Å². The molecule has 1 aromatic heterocycles. The molecule has 0 saturated carbocycles. The first kappa shape index (κ1) is 18.0. The van der Waals surface area contributed by atoms with E-state index in [9.17, 15) is 4.79 Å². The first-order chi connectivity index (χ1) is 13.7. The number of amides is 1. The minimum absolute atomic E-state index is 0.0822. The van der Waals surface area contributed by atoms with Crippen LogP contribution in [0.5, 0.6) is 11.5 Å². The molecule has 144 valence electrons. The fourth-order valence-electron chi connectivity index (χ4n) is 3.35. The van der Waals surface area contributed by atoms with Crippen LogP contribution in [0.3, 0.4) is 0 Å². The quantitative estimate of drug-likeness (QED) is 0.654. The van der Waals surface area contributed by atoms with E-state index in [0.29, 0.717) is 48.3 Å². The van der Waals surface area contributed by atoms with Gasteiger partial charge in [0.25, 0.3) is 5.89 Å². The van der Waals surface area contributed by atoms with Crippen LogP contribution in [-0.2, 0) is 11.3 Å². The number of methoxy groups -OCH3 is 2. The average molecular weight is 379 g/mol. The molecular formula is C21H21N3O4. The number of rotatable bonds is 6. The summed E-state index contributed by atoms with van der Waals surface area (Å²) in [5.74, 6) is 2.21. The van der Waals surface area contributed by atoms with Gasteiger partial charge in [-0.25, -0.2) is 0 Å². The van der Waals surface area contributed by atoms with Gasteiger partial charge in [0.2, 0.25) is 5.91 Å². The van der Waals surface area contributed by atoms with Crippen LogP contribution in [0.15, 0.2) is 53.1 Å². The SMILES string of the molecule is COc1cc(OC)cc(-c2nc(C3CC(=O)N(Cc4ccccc4)C3)no2)c1. The maximum atomic E-state index is 12.4. The predicted molar refractivity (Wildman–Crippen MR) is 102 cm³/mol. The summed E-state index contributed by atoms with van der Waals surface area (Å²) < 4.78 is 16.0. The van der Waals surface area contributed by atoms with Gasteiger partial charge < -0.3 is 18.9 Å². The van der Waals surface area contributed by atoms with Crippen LogP contribution < -0.4 is 9.47 Å². The van der Waals surface area contributed by atoms with Crippen molar-refractivity contribution in [3.63, 3.8) is 0 Å². The minimum Gasteiger partial charge on any atom is -0.497 e. The Hall–Kier alpha value is -3.35. The molecule has 1 fully saturated rings. The lowest BCUT2D eigenvalue weighted by molar-refractivity contribution is -0.128. The number of ether oxygens (including phenoxy) is 2. The molecule has 3 aromatic rings. The molecule has 2 heterocycles. The zero-order valence-corrected chi connectivity index (χ0v) is 15.8. The van der Waals surface area contributed by atoms with E-state index in [1.807, 2.05) is 35.2 Å². The average Bonchev–Trinajstić information content (AvgIpc) is 3.36. The second-order valence-electron chi connectivity index (χ2n) is 6.72. The van der Waals surface area contributed by atoms with Crippen LogP contribution in [0.4, 0.5) is 0 Å². The Morgan fingerprint density at radius 2 is 1.82 bits per heavy atom. The fourth-order valence-corrected chi connectivity index (χ4v) is 3.35. The summed E-state index contributed by atoms with van der Waals surface area (Å²) in [6, 6.07) is 15.3. The number of carbonyl (C=O) groups excluding carboxylic acids is 1. The molecule has 1 amide bonds. The first-order valence-electron chi connectivity index (χ1n) is 9.05. The van der Waals surface area contributed by atoms with Crippen molar-refractivity contribution in [2.75, 3.05) is 20.8 Å². The van der Waals surface area contributed by atoms with E-state index in [0.717, 1.165) is 5.56 Å². The molecule has 0 radical (unpaired) electrons. The van der Waals surface area contributed by atoms with Crippen LogP contribution in [0.2, 0.25) is 0 Å². The molecule has 28 heavy (non-hydrogen) atoms. The maximum absolute atomic E-state index is 12.4. The zero-order chi connectivity index (χ0) is 19.5. The summed E-state index contributed by atoms with van der Waals surface area (Å²) in [4.78, 5) is 18.8. The summed E-state index contributed by atoms with van der Waals surface area (Å²) >= 11 is 0. The summed E-state index contributed by atoms with van der Waals surface area (Å²) in [6.07, 6.45) is 0.382. The van der Waals surface area contributed by atoms with Crippen molar-refractivity contribution < 1.29 is 18.8 Å². The lowest BCUT2D eigenvalue weighted by atomic mass is 10.1. The number of benzene rings is 2. The third kappa shape index (κ3) is 3.69. The molecule has 1 saturated heterocycles. The molecule has 7 nitrogen and oxygen atoms in total. The number of hydrogen-bond acceptors (Lipinski definition) is 6. The van der Waals surface area contributed by atoms with Crippen molar-refractivity contribution in [1.82, 2.24) is 15.0 Å². The Bertz CT molecular complexity index is 949. The van der Waals surface area contributed by atoms with Crippen LogP contribution in [0, 0.1) is 0 Å². The van der Waals surface area contributed by atoms with Crippen LogP contribution in [0.1, 0.15) is 23.7 Å². The topological polar surface area (TPSA) is 77.7 Å². The summed E-state index contributed by atoms with van der Waals surface area (Å²) in [5, 5.41) is 4.11. The second kappa shape index (κ2) is 7.72. The molecule has 7 heteroatoms. The van der Waals surface area contributed by atoms with Crippen molar-refractivity contribution in [1.29, 1.82) is 0 Å². The van der Waals surface area contributed by atoms with Crippen molar-refractivity contribution >= 4 is 5.91 Å². The number of aromatic nitrogens is 2. The lowest BCUT2D eigenvalue weighted by Crippen LogP contribution is -2.24. The van der Waals surface area contributed by atoms with Crippen LogP contribution in [-0.4, -0.2) is 41.7 Å². The van der Waals surface area contributed by atoms with Gasteiger partial charge in [0.05, 0.1) is 14.2 Å². The molecule has 0 N–H and O–H groups in total. The van der Waals surface area contributed by atoms with Crippen LogP contribution in [0.25, 0.3) is 11.5 Å². The Kier molecular flexibility index (Phi) is 4.97. The van der Waals surface area contributed by atoms with E-state index >= 15 is 0 Å². The molecule has 1 aliphatic heterocycles. The number of likely N-dealkylation sites (tertiary alicyclic amines) is 1. The van der Waals surface area contributed by atoms with Gasteiger partial charge in [-0.15, -0.1) is 0 Å². The van der Waals surface area contributed by atoms with E-state index in [1.54, 1.807) is 32.4 Å². The Morgan fingerprint density at radius 1 is 1.11 bits per heavy atom. The highest BCUT2D eigenvalue weighted by Gasteiger charge is 2.33. The minimum atomic E-state index is -0.0822. The molecular weight excluding hydrogens is 358 g/mol. The largest absolute Gasteiger partial charge is 0.497 e. The standard InChI is InChI=1S/C21H21N3O4/c1-26-17-8-15(9-18(11-17)27-2)21-22-20(23-28-21)16-10-19(25)24(13-16)12-14-6-4-3-5-7-14/h3-9,11,16H,10,12-13H2,1-2H3. The van der Waals surface area contributed by atoms with Crippen molar-refractivity contribution in [3.8, 4) is 23.0 Å². The third-order valence-electron chi connectivity index (χ3n) is 4.84. The summed E-state index contributed by atoms with van der Waals surface area (Å²) in [7, 11) is 3.17. The first-order valence-corrected chi connectivity index (χ1v) is 9.05. The maximum Gasteiger partial charge on any atom is 0.258 e. The van der Waals surface area contributed by atoms with Crippen LogP contribution >= 0.6 is 0 Å². The molecule has 1 aliphatic rings. The van der Waals surface area contributed by atoms with Gasteiger partial charge in [0, 0.05) is 37.1 Å². The number of hydrogen-bond donors (Lipinski definition) is 0. The van der Waals surface area contributed by atoms with Gasteiger partial charge in [0.15, 0.2) is 5.82 Å². The highest BCUT2D eigenvalue weighted by atomic mass is 16.5. The predicted octanol–water partition coefficient (Wildman–Crippen LogP) is 3.27. The van der Waals surface area contributed by atoms with E-state index in [-0.39, 0.29) is 11.8 Å². The lowest BCUT2D eigenvalue weighted by Gasteiger charge is -2.15. The highest BCUT2D eigenvalue weighted by Crippen LogP contribution is 2.32. The number of carbonyl (C=O) groups is 1. The third-order valence-corrected chi connectivity index (χ3v) is 4.84. The second-order valence-corrected chi connectivity index (χ2v) is 6.72. The molecule has 1 unspecified atom stereocenters. The van der Waals surface area contributed by atoms with Gasteiger partial charge in [0.1, 0.15) is 11.5 Å². The van der Waals surface area contributed by atoms with Gasteiger partial charge in [-0.05, 0) is 17.7 Å². The normalized spacial score (nSPS) is 16.4.